The minimum atomic E-state index is -2.41. The summed E-state index contributed by atoms with van der Waals surface area (Å²) in [5, 5.41) is 11.5. The SMILES string of the molecule is COc1ccc(CO[C@@H]([C@@H](C)[C@H](OC)[C@@H]2COC(C)(C)O2)[C@@H](C)[C@@H](O[Si](C(C)C)(C(C)C)C(C)C)/C(C)=C/[C@H](C)C2(C[C@H](O)COCc3ccccc3)SCCCS2)cc1. The molecule has 2 aromatic carbocycles. The van der Waals surface area contributed by atoms with E-state index in [2.05, 4.69) is 99.6 Å². The van der Waals surface area contributed by atoms with Crippen molar-refractivity contribution in [2.24, 2.45) is 17.8 Å². The lowest BCUT2D eigenvalue weighted by atomic mass is 9.81. The normalized spacial score (nSPS) is 22.1. The lowest BCUT2D eigenvalue weighted by Gasteiger charge is -2.48. The van der Waals surface area contributed by atoms with Crippen LogP contribution >= 0.6 is 23.5 Å². The van der Waals surface area contributed by atoms with Crippen LogP contribution in [0.3, 0.4) is 0 Å². The molecular weight excluding hydrogens is 809 g/mol. The third-order valence-corrected chi connectivity index (χ3v) is 22.7. The van der Waals surface area contributed by atoms with E-state index in [1.807, 2.05) is 67.7 Å². The number of ether oxygens (including phenoxy) is 6. The first-order chi connectivity index (χ1) is 28.4. The molecule has 0 amide bonds. The average molecular weight is 889 g/mol. The van der Waals surface area contributed by atoms with Gasteiger partial charge in [0.15, 0.2) is 5.79 Å². The molecule has 8 nitrogen and oxygen atoms in total. The fourth-order valence-corrected chi connectivity index (χ4v) is 19.2. The highest BCUT2D eigenvalue weighted by atomic mass is 32.2. The van der Waals surface area contributed by atoms with Crippen LogP contribution in [0.5, 0.6) is 5.75 Å². The Hall–Kier alpha value is -1.38. The summed E-state index contributed by atoms with van der Waals surface area (Å²) in [6, 6.07) is 18.3. The molecule has 340 valence electrons. The minimum Gasteiger partial charge on any atom is -0.497 e. The van der Waals surface area contributed by atoms with E-state index >= 15 is 0 Å². The summed E-state index contributed by atoms with van der Waals surface area (Å²) < 4.78 is 45.2. The van der Waals surface area contributed by atoms with Gasteiger partial charge < -0.3 is 38.0 Å². The average Bonchev–Trinajstić information content (AvgIpc) is 3.57. The van der Waals surface area contributed by atoms with Crippen LogP contribution in [0, 0.1) is 17.8 Å². The number of rotatable bonds is 24. The lowest BCUT2D eigenvalue weighted by molar-refractivity contribution is -0.170. The van der Waals surface area contributed by atoms with Gasteiger partial charge in [-0.05, 0) is 96.5 Å². The van der Waals surface area contributed by atoms with Gasteiger partial charge in [-0.2, -0.15) is 0 Å². The van der Waals surface area contributed by atoms with Crippen LogP contribution in [0.1, 0.15) is 107 Å². The number of benzene rings is 2. The Morgan fingerprint density at radius 1 is 0.850 bits per heavy atom. The molecule has 2 aliphatic heterocycles. The summed E-state index contributed by atoms with van der Waals surface area (Å²) in [6.45, 7) is 29.0. The summed E-state index contributed by atoms with van der Waals surface area (Å²) in [5.74, 6) is 2.30. The van der Waals surface area contributed by atoms with Crippen LogP contribution in [0.4, 0.5) is 0 Å². The number of aliphatic hydroxyl groups excluding tert-OH is 1. The van der Waals surface area contributed by atoms with Crippen molar-refractivity contribution >= 4 is 31.8 Å². The van der Waals surface area contributed by atoms with Crippen molar-refractivity contribution in [1.82, 2.24) is 0 Å². The lowest BCUT2D eigenvalue weighted by Crippen LogP contribution is -2.54. The van der Waals surface area contributed by atoms with Crippen LogP contribution in [0.25, 0.3) is 0 Å². The van der Waals surface area contributed by atoms with E-state index in [0.29, 0.717) is 49.5 Å². The maximum Gasteiger partial charge on any atom is 0.201 e. The highest BCUT2D eigenvalue weighted by Gasteiger charge is 2.50. The van der Waals surface area contributed by atoms with Crippen molar-refractivity contribution in [1.29, 1.82) is 0 Å². The van der Waals surface area contributed by atoms with Gasteiger partial charge in [-0.25, -0.2) is 0 Å². The molecule has 2 aromatic rings. The molecule has 2 heterocycles. The van der Waals surface area contributed by atoms with E-state index < -0.39 is 20.2 Å². The predicted molar refractivity (Wildman–Crippen MR) is 253 cm³/mol. The molecule has 2 fully saturated rings. The molecule has 60 heavy (non-hydrogen) atoms. The zero-order chi connectivity index (χ0) is 44.3. The van der Waals surface area contributed by atoms with Crippen molar-refractivity contribution < 1.29 is 38.0 Å². The smallest absolute Gasteiger partial charge is 0.201 e. The molecule has 0 spiro atoms. The maximum atomic E-state index is 11.5. The van der Waals surface area contributed by atoms with Crippen molar-refractivity contribution in [3.05, 3.63) is 77.4 Å². The van der Waals surface area contributed by atoms with E-state index in [9.17, 15) is 5.11 Å². The van der Waals surface area contributed by atoms with Gasteiger partial charge in [-0.1, -0.05) is 111 Å². The Morgan fingerprint density at radius 2 is 1.45 bits per heavy atom. The molecule has 1 N–H and O–H groups in total. The van der Waals surface area contributed by atoms with Crippen LogP contribution in [0.2, 0.25) is 16.6 Å². The van der Waals surface area contributed by atoms with Crippen LogP contribution in [-0.2, 0) is 41.3 Å². The second-order valence-corrected chi connectivity index (χ2v) is 27.2. The molecular formula is C49H80O8S2Si. The fourth-order valence-electron chi connectivity index (χ4n) is 9.93. The van der Waals surface area contributed by atoms with Crippen molar-refractivity contribution in [2.75, 3.05) is 38.9 Å². The highest BCUT2D eigenvalue weighted by molar-refractivity contribution is 8.18. The van der Waals surface area contributed by atoms with E-state index in [-0.39, 0.29) is 46.2 Å². The third kappa shape index (κ3) is 13.3. The minimum absolute atomic E-state index is 0.0580. The van der Waals surface area contributed by atoms with Crippen LogP contribution in [0.15, 0.2) is 66.2 Å². The quantitative estimate of drug-likeness (QED) is 0.0812. The summed E-state index contributed by atoms with van der Waals surface area (Å²) in [7, 11) is 1.06. The van der Waals surface area contributed by atoms with Crippen molar-refractivity contribution in [2.45, 2.75) is 166 Å². The fraction of sp³-hybridized carbons (Fsp3) is 0.714. The number of allylic oxidation sites excluding steroid dienone is 1. The molecule has 0 saturated carbocycles. The van der Waals surface area contributed by atoms with Crippen molar-refractivity contribution in [3.8, 4) is 5.75 Å². The zero-order valence-electron chi connectivity index (χ0n) is 39.4. The molecule has 0 radical (unpaired) electrons. The molecule has 8 atom stereocenters. The van der Waals surface area contributed by atoms with Gasteiger partial charge in [0, 0.05) is 18.9 Å². The van der Waals surface area contributed by atoms with Crippen LogP contribution in [-0.4, -0.2) is 92.7 Å². The van der Waals surface area contributed by atoms with E-state index in [1.165, 1.54) is 12.0 Å². The topological polar surface area (TPSA) is 84.8 Å². The molecule has 4 rings (SSSR count). The third-order valence-electron chi connectivity index (χ3n) is 12.9. The number of aliphatic hydroxyl groups is 1. The Bertz CT molecular complexity index is 1540. The van der Waals surface area contributed by atoms with Gasteiger partial charge in [0.25, 0.3) is 0 Å². The summed E-state index contributed by atoms with van der Waals surface area (Å²) in [5.41, 5.74) is 4.59. The van der Waals surface area contributed by atoms with E-state index in [0.717, 1.165) is 28.4 Å². The zero-order valence-corrected chi connectivity index (χ0v) is 42.0. The Kier molecular flexibility index (Phi) is 20.1. The second kappa shape index (κ2) is 23.5. The second-order valence-electron chi connectivity index (χ2n) is 18.7. The summed E-state index contributed by atoms with van der Waals surface area (Å²) >= 11 is 4.00. The number of thioether (sulfide) groups is 2. The Balaban J connectivity index is 1.74. The largest absolute Gasteiger partial charge is 0.497 e. The summed E-state index contributed by atoms with van der Waals surface area (Å²) in [4.78, 5) is 0. The summed E-state index contributed by atoms with van der Waals surface area (Å²) in [6.07, 6.45) is 2.71. The predicted octanol–water partition coefficient (Wildman–Crippen LogP) is 11.7. The van der Waals surface area contributed by atoms with Gasteiger partial charge in [-0.15, -0.1) is 23.5 Å². The number of hydrogen-bond donors (Lipinski definition) is 1. The molecule has 0 aliphatic carbocycles. The first-order valence-corrected chi connectivity index (χ1v) is 26.5. The molecule has 0 bridgehead atoms. The van der Waals surface area contributed by atoms with Gasteiger partial charge in [0.1, 0.15) is 11.9 Å². The van der Waals surface area contributed by atoms with Crippen LogP contribution < -0.4 is 4.74 Å². The maximum absolute atomic E-state index is 11.5. The molecule has 2 aliphatic rings. The van der Waals surface area contributed by atoms with Crippen molar-refractivity contribution in [3.63, 3.8) is 0 Å². The van der Waals surface area contributed by atoms with E-state index in [1.54, 1.807) is 14.2 Å². The first kappa shape index (κ1) is 51.3. The van der Waals surface area contributed by atoms with Gasteiger partial charge in [0.2, 0.25) is 8.32 Å². The monoisotopic (exact) mass is 889 g/mol. The molecule has 2 saturated heterocycles. The molecule has 11 heteroatoms. The Labute approximate surface area is 374 Å². The number of hydrogen-bond acceptors (Lipinski definition) is 10. The molecule has 0 aromatic heterocycles. The first-order valence-electron chi connectivity index (χ1n) is 22.4. The highest BCUT2D eigenvalue weighted by Crippen LogP contribution is 2.52. The van der Waals surface area contributed by atoms with E-state index in [4.69, 9.17) is 32.8 Å². The van der Waals surface area contributed by atoms with Gasteiger partial charge >= 0.3 is 0 Å². The van der Waals surface area contributed by atoms with Gasteiger partial charge in [0.05, 0.1) is 62.0 Å². The Morgan fingerprint density at radius 3 is 1.98 bits per heavy atom. The number of methoxy groups -OCH3 is 2. The standard InChI is InChI=1S/C49H80O8S2Si/c1-33(2)60(34(3)4,35(5)6)57-45(36(7)27-37(8)49(58-25-18-26-59-49)28-42(50)31-53-29-40-19-16-15-17-20-40)38(9)46(54-30-41-21-23-43(51-13)24-22-41)39(10)47(52-14)44-32-55-48(11,12)56-44/h15-17,19-24,27,33-35,37-39,42,44-47,50H,18,25-26,28-32H2,1-14H3/b36-27+/t37-,38-,39+,42-,44-,45-,46+,47-/m0/s1. The van der Waals surface area contributed by atoms with Gasteiger partial charge in [-0.3, -0.25) is 0 Å². The molecule has 0 unspecified atom stereocenters.